The molecule has 7 heteroatoms. The summed E-state index contributed by atoms with van der Waals surface area (Å²) < 4.78 is 0. The third-order valence-electron chi connectivity index (χ3n) is 3.38. The molecule has 0 aliphatic rings. The lowest BCUT2D eigenvalue weighted by atomic mass is 10.1. The molecule has 0 aromatic heterocycles. The average molecular weight is 340 g/mol. The quantitative estimate of drug-likeness (QED) is 0.671. The van der Waals surface area contributed by atoms with E-state index in [9.17, 15) is 14.4 Å². The van der Waals surface area contributed by atoms with E-state index in [1.165, 1.54) is 14.0 Å². The summed E-state index contributed by atoms with van der Waals surface area (Å²) in [5, 5.41) is 10.4. The first-order valence-corrected chi connectivity index (χ1v) is 7.71. The summed E-state index contributed by atoms with van der Waals surface area (Å²) in [4.78, 5) is 34.9. The molecule has 25 heavy (non-hydrogen) atoms. The Morgan fingerprint density at radius 2 is 1.48 bits per heavy atom. The van der Waals surface area contributed by atoms with Crippen LogP contribution in [0.1, 0.15) is 18.5 Å². The predicted molar refractivity (Wildman–Crippen MR) is 96.1 cm³/mol. The van der Waals surface area contributed by atoms with Gasteiger partial charge < -0.3 is 16.0 Å². The van der Waals surface area contributed by atoms with Gasteiger partial charge in [-0.2, -0.15) is 0 Å². The molecule has 0 heterocycles. The zero-order valence-corrected chi connectivity index (χ0v) is 14.0. The minimum Gasteiger partial charge on any atom is -0.370 e. The number of carbonyl (C=O) groups is 3. The van der Waals surface area contributed by atoms with Gasteiger partial charge in [-0.15, -0.1) is 0 Å². The smallest absolute Gasteiger partial charge is 0.321 e. The van der Waals surface area contributed by atoms with Crippen LogP contribution in [0.2, 0.25) is 0 Å². The minimum absolute atomic E-state index is 0.159. The number of rotatable bonds is 5. The van der Waals surface area contributed by atoms with Crippen LogP contribution in [0.5, 0.6) is 0 Å². The number of hydrogen-bond donors (Lipinski definition) is 4. The first-order chi connectivity index (χ1) is 12.0. The van der Waals surface area contributed by atoms with Gasteiger partial charge in [0.05, 0.1) is 0 Å². The number of amides is 4. The second-order valence-corrected chi connectivity index (χ2v) is 5.31. The second kappa shape index (κ2) is 8.49. The predicted octanol–water partition coefficient (Wildman–Crippen LogP) is 2.25. The highest BCUT2D eigenvalue weighted by Gasteiger charge is 2.22. The van der Waals surface area contributed by atoms with Crippen molar-refractivity contribution in [1.29, 1.82) is 0 Å². The molecule has 0 unspecified atom stereocenters. The number of imide groups is 1. The first-order valence-electron chi connectivity index (χ1n) is 7.71. The van der Waals surface area contributed by atoms with Crippen molar-refractivity contribution in [3.63, 3.8) is 0 Å². The molecular formula is C18H20N4O3. The molecule has 0 spiro atoms. The molecule has 2 rings (SSSR count). The molecule has 130 valence electrons. The van der Waals surface area contributed by atoms with Crippen LogP contribution < -0.4 is 21.3 Å². The Morgan fingerprint density at radius 1 is 0.880 bits per heavy atom. The van der Waals surface area contributed by atoms with E-state index in [-0.39, 0.29) is 5.91 Å². The van der Waals surface area contributed by atoms with Gasteiger partial charge in [-0.05, 0) is 29.8 Å². The van der Waals surface area contributed by atoms with Crippen LogP contribution in [0.15, 0.2) is 54.6 Å². The number of anilines is 2. The fourth-order valence-corrected chi connectivity index (χ4v) is 2.21. The van der Waals surface area contributed by atoms with Gasteiger partial charge in [0.25, 0.3) is 5.91 Å². The number of benzene rings is 2. The molecule has 4 amide bonds. The highest BCUT2D eigenvalue weighted by molar-refractivity contribution is 5.98. The number of urea groups is 1. The van der Waals surface area contributed by atoms with Gasteiger partial charge in [0.15, 0.2) is 0 Å². The zero-order chi connectivity index (χ0) is 18.2. The SMILES string of the molecule is CNC(=O)NC(=O)[C@H](Nc1ccc(NC(C)=O)cc1)c1ccccc1. The molecule has 0 aliphatic heterocycles. The van der Waals surface area contributed by atoms with Crippen molar-refractivity contribution in [3.05, 3.63) is 60.2 Å². The van der Waals surface area contributed by atoms with E-state index in [2.05, 4.69) is 21.3 Å². The maximum absolute atomic E-state index is 12.4. The van der Waals surface area contributed by atoms with E-state index in [1.807, 2.05) is 18.2 Å². The van der Waals surface area contributed by atoms with E-state index in [4.69, 9.17) is 0 Å². The van der Waals surface area contributed by atoms with E-state index in [0.717, 1.165) is 5.56 Å². The van der Waals surface area contributed by atoms with Gasteiger partial charge in [-0.1, -0.05) is 30.3 Å². The topological polar surface area (TPSA) is 99.3 Å². The lowest BCUT2D eigenvalue weighted by Gasteiger charge is -2.19. The maximum Gasteiger partial charge on any atom is 0.321 e. The standard InChI is InChI=1S/C18H20N4O3/c1-12(23)20-14-8-10-15(11-9-14)21-16(13-6-4-3-5-7-13)17(24)22-18(25)19-2/h3-11,16,21H,1-2H3,(H,20,23)(H2,19,22,24,25)/t16-/m1/s1. The summed E-state index contributed by atoms with van der Waals surface area (Å²) in [5.74, 6) is -0.635. The van der Waals surface area contributed by atoms with E-state index in [1.54, 1.807) is 36.4 Å². The minimum atomic E-state index is -0.745. The molecule has 1 atom stereocenters. The first kappa shape index (κ1) is 18.0. The van der Waals surface area contributed by atoms with Gasteiger partial charge in [0.1, 0.15) is 6.04 Å². The van der Waals surface area contributed by atoms with Crippen LogP contribution in [-0.2, 0) is 9.59 Å². The van der Waals surface area contributed by atoms with Crippen LogP contribution in [0, 0.1) is 0 Å². The Balaban J connectivity index is 2.19. The molecule has 2 aromatic rings. The molecule has 0 bridgehead atoms. The lowest BCUT2D eigenvalue weighted by Crippen LogP contribution is -2.42. The Labute approximate surface area is 145 Å². The molecule has 0 saturated heterocycles. The summed E-state index contributed by atoms with van der Waals surface area (Å²) >= 11 is 0. The Morgan fingerprint density at radius 3 is 2.04 bits per heavy atom. The molecule has 2 aromatic carbocycles. The van der Waals surface area contributed by atoms with Crippen LogP contribution >= 0.6 is 0 Å². The van der Waals surface area contributed by atoms with E-state index in [0.29, 0.717) is 11.4 Å². The van der Waals surface area contributed by atoms with Crippen LogP contribution in [0.4, 0.5) is 16.2 Å². The van der Waals surface area contributed by atoms with Crippen molar-refractivity contribution in [1.82, 2.24) is 10.6 Å². The molecule has 0 saturated carbocycles. The third kappa shape index (κ3) is 5.35. The highest BCUT2D eigenvalue weighted by atomic mass is 16.2. The van der Waals surface area contributed by atoms with Gasteiger partial charge in [0.2, 0.25) is 5.91 Å². The summed E-state index contributed by atoms with van der Waals surface area (Å²) in [6, 6.07) is 14.7. The molecule has 4 N–H and O–H groups in total. The summed E-state index contributed by atoms with van der Waals surface area (Å²) in [5.41, 5.74) is 2.05. The molecule has 0 radical (unpaired) electrons. The second-order valence-electron chi connectivity index (χ2n) is 5.31. The monoisotopic (exact) mass is 340 g/mol. The molecule has 7 nitrogen and oxygen atoms in total. The molecule has 0 fully saturated rings. The van der Waals surface area contributed by atoms with Crippen molar-refractivity contribution in [2.45, 2.75) is 13.0 Å². The fourth-order valence-electron chi connectivity index (χ4n) is 2.21. The summed E-state index contributed by atoms with van der Waals surface area (Å²) in [6.45, 7) is 1.43. The van der Waals surface area contributed by atoms with E-state index >= 15 is 0 Å². The summed E-state index contributed by atoms with van der Waals surface area (Å²) in [7, 11) is 1.44. The highest BCUT2D eigenvalue weighted by Crippen LogP contribution is 2.21. The van der Waals surface area contributed by atoms with Crippen molar-refractivity contribution >= 4 is 29.2 Å². The Bertz CT molecular complexity index is 745. The number of hydrogen-bond acceptors (Lipinski definition) is 4. The number of nitrogens with one attached hydrogen (secondary N) is 4. The lowest BCUT2D eigenvalue weighted by molar-refractivity contribution is -0.121. The normalized spacial score (nSPS) is 11.1. The van der Waals surface area contributed by atoms with E-state index < -0.39 is 18.0 Å². The van der Waals surface area contributed by atoms with Crippen LogP contribution in [0.3, 0.4) is 0 Å². The Kier molecular flexibility index (Phi) is 6.11. The fraction of sp³-hybridized carbons (Fsp3) is 0.167. The van der Waals surface area contributed by atoms with Crippen LogP contribution in [0.25, 0.3) is 0 Å². The third-order valence-corrected chi connectivity index (χ3v) is 3.38. The number of carbonyl (C=O) groups excluding carboxylic acids is 3. The maximum atomic E-state index is 12.4. The molecule has 0 aliphatic carbocycles. The van der Waals surface area contributed by atoms with Crippen LogP contribution in [-0.4, -0.2) is 24.9 Å². The zero-order valence-electron chi connectivity index (χ0n) is 14.0. The summed E-state index contributed by atoms with van der Waals surface area (Å²) in [6.07, 6.45) is 0. The van der Waals surface area contributed by atoms with Gasteiger partial charge in [-0.3, -0.25) is 14.9 Å². The average Bonchev–Trinajstić information content (AvgIpc) is 2.61. The van der Waals surface area contributed by atoms with Crippen molar-refractivity contribution in [2.75, 3.05) is 17.7 Å². The van der Waals surface area contributed by atoms with Gasteiger partial charge in [0, 0.05) is 25.3 Å². The van der Waals surface area contributed by atoms with Gasteiger partial charge in [-0.25, -0.2) is 4.79 Å². The van der Waals surface area contributed by atoms with Crippen molar-refractivity contribution in [2.24, 2.45) is 0 Å². The largest absolute Gasteiger partial charge is 0.370 e. The molecular weight excluding hydrogens is 320 g/mol. The van der Waals surface area contributed by atoms with Gasteiger partial charge >= 0.3 is 6.03 Å². The van der Waals surface area contributed by atoms with Crippen molar-refractivity contribution < 1.29 is 14.4 Å². The van der Waals surface area contributed by atoms with Crippen molar-refractivity contribution in [3.8, 4) is 0 Å². The Hall–Kier alpha value is -3.35.